The molecule has 1 aliphatic heterocycles. The predicted octanol–water partition coefficient (Wildman–Crippen LogP) is 5.41. The molecule has 0 bridgehead atoms. The zero-order valence-corrected chi connectivity index (χ0v) is 21.7. The molecule has 0 atom stereocenters. The van der Waals surface area contributed by atoms with Gasteiger partial charge in [0.2, 0.25) is 5.91 Å². The topological polar surface area (TPSA) is 50.2 Å². The van der Waals surface area contributed by atoms with Crippen molar-refractivity contribution in [3.63, 3.8) is 0 Å². The summed E-state index contributed by atoms with van der Waals surface area (Å²) in [6.07, 6.45) is 15.1. The molecule has 5 nitrogen and oxygen atoms in total. The zero-order chi connectivity index (χ0) is 25.6. The summed E-state index contributed by atoms with van der Waals surface area (Å²) in [6.45, 7) is 3.40. The Morgan fingerprint density at radius 2 is 1.81 bits per heavy atom. The van der Waals surface area contributed by atoms with E-state index in [2.05, 4.69) is 39.6 Å². The van der Waals surface area contributed by atoms with Gasteiger partial charge in [-0.3, -0.25) is 4.79 Å². The van der Waals surface area contributed by atoms with Crippen molar-refractivity contribution < 1.29 is 9.18 Å². The second-order valence-electron chi connectivity index (χ2n) is 10.6. The van der Waals surface area contributed by atoms with Gasteiger partial charge in [0.1, 0.15) is 5.82 Å². The van der Waals surface area contributed by atoms with Gasteiger partial charge in [-0.2, -0.15) is 0 Å². The molecule has 1 N–H and O–H groups in total. The standard InChI is InChI=1S/C31H37FN4O/c1-35-21-30(33-22-35)27-8-7-25-15-18-36(19-16-26(25)20-27)17-14-24-4-11-29(12-5-24)34-31(37)13-6-23-2-9-28(32)10-3-23/h2-3,6-10,13,20-22,24,29H,4-5,11-12,14-19H2,1H3,(H,34,37)/b13-6+. The Balaban J connectivity index is 1.03. The van der Waals surface area contributed by atoms with Crippen LogP contribution in [0.4, 0.5) is 4.39 Å². The number of aryl methyl sites for hydroxylation is 1. The van der Waals surface area contributed by atoms with E-state index < -0.39 is 0 Å². The first kappa shape index (κ1) is 25.4. The maximum Gasteiger partial charge on any atom is 0.244 e. The Labute approximate surface area is 219 Å². The van der Waals surface area contributed by atoms with Crippen molar-refractivity contribution in [1.82, 2.24) is 19.8 Å². The van der Waals surface area contributed by atoms with Crippen molar-refractivity contribution in [2.45, 2.75) is 51.0 Å². The third kappa shape index (κ3) is 6.95. The van der Waals surface area contributed by atoms with E-state index in [4.69, 9.17) is 0 Å². The molecule has 0 saturated heterocycles. The van der Waals surface area contributed by atoms with E-state index in [-0.39, 0.29) is 17.8 Å². The first-order valence-corrected chi connectivity index (χ1v) is 13.6. The summed E-state index contributed by atoms with van der Waals surface area (Å²) < 4.78 is 15.0. The van der Waals surface area contributed by atoms with Crippen LogP contribution < -0.4 is 5.32 Å². The fourth-order valence-corrected chi connectivity index (χ4v) is 5.67. The third-order valence-electron chi connectivity index (χ3n) is 7.95. The quantitative estimate of drug-likeness (QED) is 0.442. The van der Waals surface area contributed by atoms with Crippen LogP contribution in [0.3, 0.4) is 0 Å². The highest BCUT2D eigenvalue weighted by Gasteiger charge is 2.23. The molecule has 6 heteroatoms. The number of hydrogen-bond donors (Lipinski definition) is 1. The Kier molecular flexibility index (Phi) is 8.15. The number of amides is 1. The molecular weight excluding hydrogens is 463 g/mol. The van der Waals surface area contributed by atoms with Crippen LogP contribution in [-0.4, -0.2) is 46.0 Å². The molecule has 1 amide bonds. The number of hydrogen-bond acceptors (Lipinski definition) is 3. The van der Waals surface area contributed by atoms with Gasteiger partial charge in [-0.05, 0) is 98.4 Å². The number of aromatic nitrogens is 2. The molecule has 0 radical (unpaired) electrons. The number of nitrogens with one attached hydrogen (secondary N) is 1. The van der Waals surface area contributed by atoms with Crippen molar-refractivity contribution in [2.24, 2.45) is 13.0 Å². The summed E-state index contributed by atoms with van der Waals surface area (Å²) in [5.41, 5.74) is 6.03. The lowest BCUT2D eigenvalue weighted by molar-refractivity contribution is -0.117. The minimum Gasteiger partial charge on any atom is -0.350 e. The summed E-state index contributed by atoms with van der Waals surface area (Å²) in [6, 6.07) is 13.3. The number of benzene rings is 2. The molecule has 2 aromatic carbocycles. The minimum atomic E-state index is -0.269. The number of carbonyl (C=O) groups is 1. The van der Waals surface area contributed by atoms with Crippen molar-refractivity contribution in [3.8, 4) is 11.3 Å². The highest BCUT2D eigenvalue weighted by molar-refractivity contribution is 5.91. The number of halogens is 1. The normalized spacial score (nSPS) is 20.5. The van der Waals surface area contributed by atoms with E-state index in [1.807, 2.05) is 17.9 Å². The number of imidazole rings is 1. The lowest BCUT2D eigenvalue weighted by Crippen LogP contribution is -2.37. The summed E-state index contributed by atoms with van der Waals surface area (Å²) >= 11 is 0. The summed E-state index contributed by atoms with van der Waals surface area (Å²) in [4.78, 5) is 19.5. The molecule has 37 heavy (non-hydrogen) atoms. The van der Waals surface area contributed by atoms with E-state index in [1.54, 1.807) is 24.3 Å². The average Bonchev–Trinajstić information content (AvgIpc) is 3.24. The van der Waals surface area contributed by atoms with Gasteiger partial charge >= 0.3 is 0 Å². The van der Waals surface area contributed by atoms with Gasteiger partial charge in [0.05, 0.1) is 12.0 Å². The van der Waals surface area contributed by atoms with Gasteiger partial charge in [0.15, 0.2) is 0 Å². The fourth-order valence-electron chi connectivity index (χ4n) is 5.67. The predicted molar refractivity (Wildman–Crippen MR) is 146 cm³/mol. The average molecular weight is 501 g/mol. The van der Waals surface area contributed by atoms with E-state index in [0.717, 1.165) is 62.5 Å². The molecule has 5 rings (SSSR count). The molecule has 0 unspecified atom stereocenters. The van der Waals surface area contributed by atoms with Crippen LogP contribution in [0.1, 0.15) is 48.8 Å². The smallest absolute Gasteiger partial charge is 0.244 e. The maximum atomic E-state index is 13.0. The summed E-state index contributed by atoms with van der Waals surface area (Å²) in [5, 5.41) is 3.15. The summed E-state index contributed by atoms with van der Waals surface area (Å²) in [5.74, 6) is 0.405. The Hall–Kier alpha value is -3.25. The fraction of sp³-hybridized carbons (Fsp3) is 0.419. The monoisotopic (exact) mass is 500 g/mol. The van der Waals surface area contributed by atoms with Crippen molar-refractivity contribution >= 4 is 12.0 Å². The van der Waals surface area contributed by atoms with Crippen LogP contribution in [0.5, 0.6) is 0 Å². The van der Waals surface area contributed by atoms with E-state index in [0.29, 0.717) is 0 Å². The molecule has 2 heterocycles. The number of rotatable bonds is 7. The molecule has 1 saturated carbocycles. The largest absolute Gasteiger partial charge is 0.350 e. The molecular formula is C31H37FN4O. The lowest BCUT2D eigenvalue weighted by Gasteiger charge is -2.30. The van der Waals surface area contributed by atoms with Gasteiger partial charge < -0.3 is 14.8 Å². The SMILES string of the molecule is Cn1cnc(-c2ccc3c(c2)CCN(CCC2CCC(NC(=O)/C=C/c4ccc(F)cc4)CC2)CC3)c1. The van der Waals surface area contributed by atoms with Crippen molar-refractivity contribution in [1.29, 1.82) is 0 Å². The van der Waals surface area contributed by atoms with Gasteiger partial charge in [-0.1, -0.05) is 24.3 Å². The highest BCUT2D eigenvalue weighted by Crippen LogP contribution is 2.28. The van der Waals surface area contributed by atoms with Crippen LogP contribution in [0.2, 0.25) is 0 Å². The lowest BCUT2D eigenvalue weighted by atomic mass is 9.84. The Morgan fingerprint density at radius 1 is 1.05 bits per heavy atom. The molecule has 0 spiro atoms. The highest BCUT2D eigenvalue weighted by atomic mass is 19.1. The number of carbonyl (C=O) groups excluding carboxylic acids is 1. The number of nitrogens with zero attached hydrogens (tertiary/aromatic N) is 3. The van der Waals surface area contributed by atoms with Crippen LogP contribution in [0.15, 0.2) is 61.1 Å². The zero-order valence-electron chi connectivity index (χ0n) is 21.7. The van der Waals surface area contributed by atoms with Gasteiger partial charge in [-0.25, -0.2) is 9.37 Å². The Bertz CT molecular complexity index is 1220. The van der Waals surface area contributed by atoms with Gasteiger partial charge in [0, 0.05) is 44.0 Å². The van der Waals surface area contributed by atoms with Gasteiger partial charge in [-0.15, -0.1) is 0 Å². The second-order valence-corrected chi connectivity index (χ2v) is 10.6. The first-order chi connectivity index (χ1) is 18.0. The third-order valence-corrected chi connectivity index (χ3v) is 7.95. The molecule has 1 fully saturated rings. The number of fused-ring (bicyclic) bond motifs is 1. The Morgan fingerprint density at radius 3 is 2.54 bits per heavy atom. The maximum absolute atomic E-state index is 13.0. The van der Waals surface area contributed by atoms with Crippen molar-refractivity contribution in [3.05, 3.63) is 83.6 Å². The van der Waals surface area contributed by atoms with Crippen LogP contribution in [0.25, 0.3) is 17.3 Å². The van der Waals surface area contributed by atoms with Crippen LogP contribution >= 0.6 is 0 Å². The molecule has 194 valence electrons. The van der Waals surface area contributed by atoms with E-state index in [9.17, 15) is 9.18 Å². The van der Waals surface area contributed by atoms with Crippen LogP contribution in [0, 0.1) is 11.7 Å². The van der Waals surface area contributed by atoms with E-state index in [1.165, 1.54) is 48.1 Å². The molecule has 1 aromatic heterocycles. The van der Waals surface area contributed by atoms with E-state index >= 15 is 0 Å². The minimum absolute atomic E-state index is 0.0666. The van der Waals surface area contributed by atoms with Crippen molar-refractivity contribution in [2.75, 3.05) is 19.6 Å². The molecule has 1 aliphatic carbocycles. The van der Waals surface area contributed by atoms with Crippen LogP contribution in [-0.2, 0) is 24.7 Å². The van der Waals surface area contributed by atoms with Gasteiger partial charge in [0.25, 0.3) is 0 Å². The summed E-state index contributed by atoms with van der Waals surface area (Å²) in [7, 11) is 2.01. The molecule has 2 aliphatic rings. The second kappa shape index (κ2) is 11.9. The molecule has 3 aromatic rings. The first-order valence-electron chi connectivity index (χ1n) is 13.6.